The zero-order valence-electron chi connectivity index (χ0n) is 9.88. The van der Waals surface area contributed by atoms with Gasteiger partial charge < -0.3 is 4.90 Å². The molecule has 2 aliphatic rings. The average Bonchev–Trinajstić information content (AvgIpc) is 2.77. The highest BCUT2D eigenvalue weighted by Gasteiger charge is 2.51. The van der Waals surface area contributed by atoms with Crippen LogP contribution in [0, 0.1) is 0 Å². The summed E-state index contributed by atoms with van der Waals surface area (Å²) < 4.78 is 0. The lowest BCUT2D eigenvalue weighted by Gasteiger charge is -2.21. The molecule has 1 aliphatic carbocycles. The molecular formula is C12H22N2O. The highest BCUT2D eigenvalue weighted by atomic mass is 16.2. The van der Waals surface area contributed by atoms with Crippen molar-refractivity contribution in [1.29, 1.82) is 0 Å². The first-order valence-electron chi connectivity index (χ1n) is 6.32. The molecule has 0 bridgehead atoms. The van der Waals surface area contributed by atoms with Crippen LogP contribution in [0.2, 0.25) is 0 Å². The maximum Gasteiger partial charge on any atom is 0.244 e. The normalized spacial score (nSPS) is 29.3. The molecule has 1 spiro atoms. The Kier molecular flexibility index (Phi) is 3.01. The summed E-state index contributed by atoms with van der Waals surface area (Å²) in [5, 5.41) is 3.59. The first-order valence-corrected chi connectivity index (χ1v) is 6.32. The second kappa shape index (κ2) is 4.12. The lowest BCUT2D eigenvalue weighted by Crippen LogP contribution is -2.44. The van der Waals surface area contributed by atoms with Gasteiger partial charge in [0.25, 0.3) is 0 Å². The van der Waals surface area contributed by atoms with Crippen LogP contribution in [0.3, 0.4) is 0 Å². The average molecular weight is 210 g/mol. The number of nitrogens with zero attached hydrogens (tertiary/aromatic N) is 1. The third kappa shape index (κ3) is 1.67. The van der Waals surface area contributed by atoms with Crippen LogP contribution in [0.15, 0.2) is 0 Å². The fourth-order valence-electron chi connectivity index (χ4n) is 3.08. The Labute approximate surface area is 92.2 Å². The molecule has 0 aromatic heterocycles. The van der Waals surface area contributed by atoms with Crippen LogP contribution in [0.25, 0.3) is 0 Å². The number of carbonyl (C=O) groups excluding carboxylic acids is 1. The molecule has 2 fully saturated rings. The second-order valence-corrected chi connectivity index (χ2v) is 4.83. The van der Waals surface area contributed by atoms with Gasteiger partial charge in [-0.15, -0.1) is 0 Å². The molecular weight excluding hydrogens is 188 g/mol. The van der Waals surface area contributed by atoms with Crippen LogP contribution in [-0.4, -0.2) is 29.1 Å². The molecule has 2 rings (SSSR count). The molecule has 1 atom stereocenters. The van der Waals surface area contributed by atoms with Gasteiger partial charge in [0, 0.05) is 6.54 Å². The van der Waals surface area contributed by atoms with Crippen molar-refractivity contribution in [3.05, 3.63) is 0 Å². The van der Waals surface area contributed by atoms with Crippen molar-refractivity contribution in [2.75, 3.05) is 6.54 Å². The van der Waals surface area contributed by atoms with Gasteiger partial charge in [-0.1, -0.05) is 26.2 Å². The number of hydrogen-bond donors (Lipinski definition) is 1. The summed E-state index contributed by atoms with van der Waals surface area (Å²) in [7, 11) is 0. The Morgan fingerprint density at radius 3 is 2.60 bits per heavy atom. The summed E-state index contributed by atoms with van der Waals surface area (Å²) in [6.45, 7) is 5.11. The van der Waals surface area contributed by atoms with E-state index in [0.29, 0.717) is 12.1 Å². The molecule has 15 heavy (non-hydrogen) atoms. The van der Waals surface area contributed by atoms with Crippen LogP contribution < -0.4 is 5.32 Å². The maximum absolute atomic E-state index is 12.3. The molecule has 1 heterocycles. The van der Waals surface area contributed by atoms with Gasteiger partial charge in [0.2, 0.25) is 5.91 Å². The van der Waals surface area contributed by atoms with E-state index in [-0.39, 0.29) is 5.54 Å². The summed E-state index contributed by atoms with van der Waals surface area (Å²) in [5.74, 6) is 0.362. The number of likely N-dealkylation sites (N-methyl/N-ethyl adjacent to an activating group) is 1. The first-order chi connectivity index (χ1) is 7.23. The zero-order valence-corrected chi connectivity index (χ0v) is 9.88. The number of hydrogen-bond acceptors (Lipinski definition) is 2. The minimum Gasteiger partial charge on any atom is -0.326 e. The van der Waals surface area contributed by atoms with Crippen LogP contribution in [0.1, 0.15) is 52.4 Å². The highest BCUT2D eigenvalue weighted by Crippen LogP contribution is 2.36. The predicted octanol–water partition coefficient (Wildman–Crippen LogP) is 1.88. The van der Waals surface area contributed by atoms with E-state index >= 15 is 0 Å². The topological polar surface area (TPSA) is 32.3 Å². The number of rotatable bonds is 3. The lowest BCUT2D eigenvalue weighted by molar-refractivity contribution is -0.133. The Hall–Kier alpha value is -0.570. The SMILES string of the molecule is CCCC1NC2(CCCC2)C(=O)N1CC. The van der Waals surface area contributed by atoms with E-state index < -0.39 is 0 Å². The highest BCUT2D eigenvalue weighted by molar-refractivity contribution is 5.89. The quantitative estimate of drug-likeness (QED) is 0.771. The fraction of sp³-hybridized carbons (Fsp3) is 0.917. The van der Waals surface area contributed by atoms with E-state index in [0.717, 1.165) is 32.2 Å². The van der Waals surface area contributed by atoms with Crippen molar-refractivity contribution in [3.63, 3.8) is 0 Å². The fourth-order valence-corrected chi connectivity index (χ4v) is 3.08. The van der Waals surface area contributed by atoms with Gasteiger partial charge in [0.05, 0.1) is 11.7 Å². The van der Waals surface area contributed by atoms with Crippen LogP contribution in [0.5, 0.6) is 0 Å². The third-order valence-electron chi connectivity index (χ3n) is 3.85. The predicted molar refractivity (Wildman–Crippen MR) is 60.4 cm³/mol. The largest absolute Gasteiger partial charge is 0.326 e. The van der Waals surface area contributed by atoms with Crippen molar-refractivity contribution in [2.45, 2.75) is 64.1 Å². The molecule has 1 saturated carbocycles. The van der Waals surface area contributed by atoms with E-state index in [2.05, 4.69) is 19.2 Å². The van der Waals surface area contributed by atoms with Crippen molar-refractivity contribution in [2.24, 2.45) is 0 Å². The molecule has 1 N–H and O–H groups in total. The minimum absolute atomic E-state index is 0.171. The third-order valence-corrected chi connectivity index (χ3v) is 3.85. The van der Waals surface area contributed by atoms with Gasteiger partial charge in [-0.2, -0.15) is 0 Å². The first kappa shape index (κ1) is 10.9. The smallest absolute Gasteiger partial charge is 0.244 e. The standard InChI is InChI=1S/C12H22N2O/c1-3-7-10-13-12(8-5-6-9-12)11(15)14(10)4-2/h10,13H,3-9H2,1-2H3. The summed E-state index contributed by atoms with van der Waals surface area (Å²) in [6, 6.07) is 0. The number of carbonyl (C=O) groups is 1. The summed E-state index contributed by atoms with van der Waals surface area (Å²) >= 11 is 0. The second-order valence-electron chi connectivity index (χ2n) is 4.83. The zero-order chi connectivity index (χ0) is 10.9. The Balaban J connectivity index is 2.14. The Morgan fingerprint density at radius 1 is 1.40 bits per heavy atom. The van der Waals surface area contributed by atoms with Gasteiger partial charge in [0.1, 0.15) is 0 Å². The molecule has 3 nitrogen and oxygen atoms in total. The number of amides is 1. The minimum atomic E-state index is -0.171. The van der Waals surface area contributed by atoms with Crippen molar-refractivity contribution in [1.82, 2.24) is 10.2 Å². The van der Waals surface area contributed by atoms with Gasteiger partial charge >= 0.3 is 0 Å². The molecule has 1 aliphatic heterocycles. The molecule has 1 saturated heterocycles. The van der Waals surface area contributed by atoms with Gasteiger partial charge in [-0.25, -0.2) is 0 Å². The van der Waals surface area contributed by atoms with Gasteiger partial charge in [-0.3, -0.25) is 10.1 Å². The van der Waals surface area contributed by atoms with Gasteiger partial charge in [-0.05, 0) is 26.2 Å². The van der Waals surface area contributed by atoms with Crippen molar-refractivity contribution in [3.8, 4) is 0 Å². The van der Waals surface area contributed by atoms with E-state index in [9.17, 15) is 4.79 Å². The molecule has 0 aromatic carbocycles. The molecule has 3 heteroatoms. The lowest BCUT2D eigenvalue weighted by atomic mass is 9.98. The van der Waals surface area contributed by atoms with Crippen LogP contribution in [-0.2, 0) is 4.79 Å². The van der Waals surface area contributed by atoms with Crippen LogP contribution in [0.4, 0.5) is 0 Å². The van der Waals surface area contributed by atoms with Crippen LogP contribution >= 0.6 is 0 Å². The van der Waals surface area contributed by atoms with E-state index in [4.69, 9.17) is 0 Å². The summed E-state index contributed by atoms with van der Waals surface area (Å²) in [5.41, 5.74) is -0.171. The maximum atomic E-state index is 12.3. The van der Waals surface area contributed by atoms with E-state index in [1.165, 1.54) is 12.8 Å². The molecule has 0 aromatic rings. The van der Waals surface area contributed by atoms with E-state index in [1.54, 1.807) is 0 Å². The molecule has 1 unspecified atom stereocenters. The molecule has 0 radical (unpaired) electrons. The van der Waals surface area contributed by atoms with E-state index in [1.807, 2.05) is 4.90 Å². The number of nitrogens with one attached hydrogen (secondary N) is 1. The monoisotopic (exact) mass is 210 g/mol. The Morgan fingerprint density at radius 2 is 2.07 bits per heavy atom. The molecule has 1 amide bonds. The van der Waals surface area contributed by atoms with Gasteiger partial charge in [0.15, 0.2) is 0 Å². The Bertz CT molecular complexity index is 246. The summed E-state index contributed by atoms with van der Waals surface area (Å²) in [4.78, 5) is 14.3. The van der Waals surface area contributed by atoms with Crippen molar-refractivity contribution < 1.29 is 4.79 Å². The summed E-state index contributed by atoms with van der Waals surface area (Å²) in [6.07, 6.45) is 7.01. The van der Waals surface area contributed by atoms with Crippen molar-refractivity contribution >= 4 is 5.91 Å². The molecule has 86 valence electrons.